The first-order valence-corrected chi connectivity index (χ1v) is 11.5. The number of hydrogen-bond acceptors (Lipinski definition) is 8. The summed E-state index contributed by atoms with van der Waals surface area (Å²) >= 11 is 0. The van der Waals surface area contributed by atoms with Gasteiger partial charge in [-0.2, -0.15) is 5.10 Å². The lowest BCUT2D eigenvalue weighted by atomic mass is 9.85. The van der Waals surface area contributed by atoms with Crippen LogP contribution in [0.4, 0.5) is 5.95 Å². The number of aromatic nitrogens is 5. The highest BCUT2D eigenvalue weighted by Gasteiger charge is 2.26. The van der Waals surface area contributed by atoms with Gasteiger partial charge in [-0.3, -0.25) is 9.48 Å². The summed E-state index contributed by atoms with van der Waals surface area (Å²) in [5.41, 5.74) is 3.81. The van der Waals surface area contributed by atoms with Gasteiger partial charge in [0.05, 0.1) is 37.2 Å². The van der Waals surface area contributed by atoms with Gasteiger partial charge in [0, 0.05) is 42.1 Å². The number of nitrogens with zero attached hydrogens (tertiary/aromatic N) is 5. The van der Waals surface area contributed by atoms with Crippen molar-refractivity contribution in [3.8, 4) is 11.1 Å². The van der Waals surface area contributed by atoms with Crippen molar-refractivity contribution < 1.29 is 19.4 Å². The van der Waals surface area contributed by atoms with Crippen molar-refractivity contribution >= 4 is 17.4 Å². The lowest BCUT2D eigenvalue weighted by Crippen LogP contribution is -2.23. The van der Waals surface area contributed by atoms with Crippen LogP contribution in [-0.4, -0.2) is 67.9 Å². The molecule has 1 atom stereocenters. The van der Waals surface area contributed by atoms with Gasteiger partial charge in [-0.1, -0.05) is 0 Å². The van der Waals surface area contributed by atoms with Crippen molar-refractivity contribution in [1.82, 2.24) is 24.4 Å². The van der Waals surface area contributed by atoms with Crippen LogP contribution >= 0.6 is 0 Å². The van der Waals surface area contributed by atoms with E-state index in [2.05, 4.69) is 21.5 Å². The number of esters is 1. The van der Waals surface area contributed by atoms with Crippen molar-refractivity contribution in [1.29, 1.82) is 0 Å². The third kappa shape index (κ3) is 5.33. The van der Waals surface area contributed by atoms with Crippen molar-refractivity contribution in [3.63, 3.8) is 0 Å². The van der Waals surface area contributed by atoms with Crippen LogP contribution in [0.3, 0.4) is 0 Å². The monoisotopic (exact) mass is 456 g/mol. The highest BCUT2D eigenvalue weighted by atomic mass is 16.5. The maximum Gasteiger partial charge on any atom is 0.327 e. The largest absolute Gasteiger partial charge is 0.465 e. The van der Waals surface area contributed by atoms with E-state index in [9.17, 15) is 9.90 Å². The van der Waals surface area contributed by atoms with Gasteiger partial charge in [0.1, 0.15) is 6.54 Å². The van der Waals surface area contributed by atoms with Gasteiger partial charge in [-0.15, -0.1) is 5.10 Å². The van der Waals surface area contributed by atoms with E-state index in [4.69, 9.17) is 14.6 Å². The first-order chi connectivity index (χ1) is 16.0. The van der Waals surface area contributed by atoms with Gasteiger partial charge in [-0.25, -0.2) is 9.50 Å². The van der Waals surface area contributed by atoms with E-state index >= 15 is 0 Å². The number of carbonyl (C=O) groups excluding carboxylic acids is 1. The molecule has 33 heavy (non-hydrogen) atoms. The number of ether oxygens (including phenoxy) is 2. The number of anilines is 1. The van der Waals surface area contributed by atoms with Crippen LogP contribution in [-0.2, 0) is 20.8 Å². The summed E-state index contributed by atoms with van der Waals surface area (Å²) in [6.07, 6.45) is 8.55. The fourth-order valence-electron chi connectivity index (χ4n) is 4.41. The lowest BCUT2D eigenvalue weighted by molar-refractivity contribution is -0.144. The molecular formula is C23H32N6O4. The van der Waals surface area contributed by atoms with E-state index in [-0.39, 0.29) is 24.7 Å². The number of carbonyl (C=O) groups is 1. The third-order valence-electron chi connectivity index (χ3n) is 5.99. The second-order valence-corrected chi connectivity index (χ2v) is 8.60. The molecule has 0 unspecified atom stereocenters. The zero-order valence-corrected chi connectivity index (χ0v) is 19.4. The van der Waals surface area contributed by atoms with Gasteiger partial charge >= 0.3 is 5.97 Å². The zero-order chi connectivity index (χ0) is 23.4. The minimum atomic E-state index is -0.320. The molecule has 0 radical (unpaired) electrons. The van der Waals surface area contributed by atoms with Crippen LogP contribution in [0.2, 0.25) is 0 Å². The Kier molecular flexibility index (Phi) is 7.24. The van der Waals surface area contributed by atoms with Crippen molar-refractivity contribution in [2.24, 2.45) is 0 Å². The first kappa shape index (κ1) is 23.2. The van der Waals surface area contributed by atoms with Gasteiger partial charge in [0.15, 0.2) is 0 Å². The number of methoxy groups -OCH3 is 1. The standard InChI is InChI=1S/C23H32N6O4/c1-4-33-22(31)13-28-12-17(10-25-28)19-9-20(16-5-7-18(30)8-6-16)29-21(19)11-24-23(27-29)26-15(2)14-32-3/h9-12,15-16,18,30H,4-8,13-14H2,1-3H3,(H,26,27)/t15-,16?,18?/m0/s1. The van der Waals surface area contributed by atoms with Crippen LogP contribution in [0.15, 0.2) is 24.7 Å². The van der Waals surface area contributed by atoms with E-state index in [0.717, 1.165) is 48.0 Å². The molecule has 0 amide bonds. The highest BCUT2D eigenvalue weighted by molar-refractivity contribution is 5.81. The normalized spacial score (nSPS) is 19.5. The molecule has 1 aliphatic rings. The number of aliphatic hydroxyl groups excluding tert-OH is 1. The Morgan fingerprint density at radius 3 is 2.82 bits per heavy atom. The topological polar surface area (TPSA) is 116 Å². The van der Waals surface area contributed by atoms with E-state index in [1.54, 1.807) is 24.9 Å². The van der Waals surface area contributed by atoms with Crippen LogP contribution in [0.1, 0.15) is 51.1 Å². The second kappa shape index (κ2) is 10.3. The van der Waals surface area contributed by atoms with Gasteiger partial charge in [-0.05, 0) is 45.6 Å². The van der Waals surface area contributed by atoms with E-state index < -0.39 is 0 Å². The van der Waals surface area contributed by atoms with Gasteiger partial charge < -0.3 is 19.9 Å². The molecule has 0 spiro atoms. The smallest absolute Gasteiger partial charge is 0.327 e. The lowest BCUT2D eigenvalue weighted by Gasteiger charge is -2.25. The molecule has 10 heteroatoms. The molecule has 0 aliphatic heterocycles. The molecule has 1 saturated carbocycles. The summed E-state index contributed by atoms with van der Waals surface area (Å²) in [7, 11) is 1.66. The summed E-state index contributed by atoms with van der Waals surface area (Å²) in [6, 6.07) is 2.21. The Morgan fingerprint density at radius 1 is 1.30 bits per heavy atom. The maximum absolute atomic E-state index is 11.8. The number of fused-ring (bicyclic) bond motifs is 1. The fourth-order valence-corrected chi connectivity index (χ4v) is 4.41. The zero-order valence-electron chi connectivity index (χ0n) is 19.4. The Bertz CT molecular complexity index is 1090. The average molecular weight is 457 g/mol. The minimum absolute atomic E-state index is 0.0644. The Balaban J connectivity index is 1.69. The molecule has 4 rings (SSSR count). The van der Waals surface area contributed by atoms with Crippen LogP contribution in [0, 0.1) is 0 Å². The van der Waals surface area contributed by atoms with Crippen LogP contribution in [0.25, 0.3) is 16.6 Å². The molecule has 3 heterocycles. The molecule has 2 N–H and O–H groups in total. The number of rotatable bonds is 9. The van der Waals surface area contributed by atoms with Crippen molar-refractivity contribution in [2.45, 2.75) is 64.1 Å². The first-order valence-electron chi connectivity index (χ1n) is 11.5. The molecule has 0 bridgehead atoms. The molecule has 10 nitrogen and oxygen atoms in total. The summed E-state index contributed by atoms with van der Waals surface area (Å²) in [4.78, 5) is 16.4. The summed E-state index contributed by atoms with van der Waals surface area (Å²) < 4.78 is 13.8. The van der Waals surface area contributed by atoms with Crippen LogP contribution < -0.4 is 5.32 Å². The van der Waals surface area contributed by atoms with E-state index in [1.165, 1.54) is 0 Å². The van der Waals surface area contributed by atoms with Crippen molar-refractivity contribution in [3.05, 3.63) is 30.4 Å². The fraction of sp³-hybridized carbons (Fsp3) is 0.565. The average Bonchev–Trinajstić information content (AvgIpc) is 3.39. The molecule has 0 aromatic carbocycles. The molecule has 0 saturated heterocycles. The summed E-state index contributed by atoms with van der Waals surface area (Å²) in [6.45, 7) is 4.75. The SMILES string of the molecule is CCOC(=O)Cn1cc(-c2cc(C3CCC(O)CC3)n3nc(N[C@@H](C)COC)ncc23)cn1. The second-order valence-electron chi connectivity index (χ2n) is 8.60. The summed E-state index contributed by atoms with van der Waals surface area (Å²) in [5, 5.41) is 22.4. The predicted octanol–water partition coefficient (Wildman–Crippen LogP) is 2.62. The highest BCUT2D eigenvalue weighted by Crippen LogP contribution is 2.37. The van der Waals surface area contributed by atoms with Gasteiger partial charge in [0.25, 0.3) is 0 Å². The quantitative estimate of drug-likeness (QED) is 0.472. The Hall–Kier alpha value is -2.98. The van der Waals surface area contributed by atoms with E-state index in [1.807, 2.05) is 23.8 Å². The Labute approximate surface area is 192 Å². The molecule has 3 aromatic heterocycles. The Morgan fingerprint density at radius 2 is 2.09 bits per heavy atom. The summed E-state index contributed by atoms with van der Waals surface area (Å²) in [5.74, 6) is 0.507. The minimum Gasteiger partial charge on any atom is -0.465 e. The maximum atomic E-state index is 11.8. The van der Waals surface area contributed by atoms with Gasteiger partial charge in [0.2, 0.25) is 5.95 Å². The molecule has 1 fully saturated rings. The molecule has 3 aromatic rings. The number of hydrogen-bond donors (Lipinski definition) is 2. The third-order valence-corrected chi connectivity index (χ3v) is 5.99. The molecule has 178 valence electrons. The predicted molar refractivity (Wildman–Crippen MR) is 123 cm³/mol. The molecule has 1 aliphatic carbocycles. The van der Waals surface area contributed by atoms with E-state index in [0.29, 0.717) is 25.1 Å². The van der Waals surface area contributed by atoms with Crippen molar-refractivity contribution in [2.75, 3.05) is 25.6 Å². The number of aliphatic hydroxyl groups is 1. The number of nitrogens with one attached hydrogen (secondary N) is 1. The molecular weight excluding hydrogens is 424 g/mol. The van der Waals surface area contributed by atoms with Crippen LogP contribution in [0.5, 0.6) is 0 Å².